The molecule has 9 heteroatoms. The third-order valence-electron chi connectivity index (χ3n) is 2.44. The number of nitrogens with zero attached hydrogens (tertiary/aromatic N) is 2. The molecule has 2 heterocycles. The lowest BCUT2D eigenvalue weighted by Crippen LogP contribution is -2.08. The molecule has 7 nitrogen and oxygen atoms in total. The van der Waals surface area contributed by atoms with Gasteiger partial charge in [0.1, 0.15) is 11.7 Å². The monoisotopic (exact) mass is 326 g/mol. The lowest BCUT2D eigenvalue weighted by molar-refractivity contribution is -0.114. The smallest absolute Gasteiger partial charge is 0.223 e. The largest absolute Gasteiger partial charge is 0.356 e. The van der Waals surface area contributed by atoms with Gasteiger partial charge in [-0.05, 0) is 19.1 Å². The van der Waals surface area contributed by atoms with Crippen molar-refractivity contribution < 1.29 is 13.6 Å². The first-order valence-electron chi connectivity index (χ1n) is 5.99. The molecule has 2 rings (SSSR count). The van der Waals surface area contributed by atoms with Crippen molar-refractivity contribution in [1.29, 1.82) is 0 Å². The maximum Gasteiger partial charge on any atom is 0.223 e. The molecular weight excluding hydrogens is 312 g/mol. The summed E-state index contributed by atoms with van der Waals surface area (Å²) in [5.74, 6) is 0.239. The highest BCUT2D eigenvalue weighted by atomic mass is 32.2. The Hall–Kier alpha value is -1.84. The molecule has 112 valence electrons. The minimum atomic E-state index is -1.93. The Balaban J connectivity index is 2.25. The number of thiazole rings is 1. The van der Waals surface area contributed by atoms with E-state index in [2.05, 4.69) is 20.6 Å². The lowest BCUT2D eigenvalue weighted by Gasteiger charge is -2.04. The number of hydrogen-bond acceptors (Lipinski definition) is 6. The Morgan fingerprint density at radius 1 is 1.43 bits per heavy atom. The molecule has 0 aromatic carbocycles. The number of aromatic nitrogens is 2. The Labute approximate surface area is 128 Å². The summed E-state index contributed by atoms with van der Waals surface area (Å²) in [6.07, 6.45) is 0. The standard InChI is InChI=1S/C12H14N4O3S2/c1-7-11(20-12(14-7)15-8(2)17)9-4-3-5-10(16-9)13-6-21(18)19/h3-5H,6H2,1-2H3,(H,13,16)(H,18,19)(H,14,15,17). The minimum absolute atomic E-state index is 0.0880. The Morgan fingerprint density at radius 2 is 2.19 bits per heavy atom. The molecule has 0 spiro atoms. The SMILES string of the molecule is CC(=O)Nc1nc(C)c(-c2cccc(NCS(=O)O)n2)s1. The molecule has 1 unspecified atom stereocenters. The van der Waals surface area contributed by atoms with Gasteiger partial charge in [-0.3, -0.25) is 4.79 Å². The first kappa shape index (κ1) is 15.5. The average molecular weight is 326 g/mol. The number of anilines is 2. The number of pyridine rings is 1. The van der Waals surface area contributed by atoms with E-state index in [0.29, 0.717) is 16.6 Å². The predicted molar refractivity (Wildman–Crippen MR) is 83.6 cm³/mol. The summed E-state index contributed by atoms with van der Waals surface area (Å²) in [5.41, 5.74) is 1.45. The second-order valence-electron chi connectivity index (χ2n) is 4.17. The van der Waals surface area contributed by atoms with Crippen LogP contribution in [0.3, 0.4) is 0 Å². The third-order valence-corrected chi connectivity index (χ3v) is 3.92. The number of carbonyl (C=O) groups excluding carboxylic acids is 1. The molecular formula is C12H14N4O3S2. The summed E-state index contributed by atoms with van der Waals surface area (Å²) >= 11 is -0.601. The molecule has 21 heavy (non-hydrogen) atoms. The summed E-state index contributed by atoms with van der Waals surface area (Å²) in [6.45, 7) is 3.26. The number of rotatable bonds is 5. The molecule has 0 aliphatic rings. The molecule has 0 saturated heterocycles. The lowest BCUT2D eigenvalue weighted by atomic mass is 10.2. The van der Waals surface area contributed by atoms with Crippen LogP contribution in [0.15, 0.2) is 18.2 Å². The van der Waals surface area contributed by atoms with Crippen LogP contribution in [0.2, 0.25) is 0 Å². The van der Waals surface area contributed by atoms with Crippen LogP contribution >= 0.6 is 11.3 Å². The fourth-order valence-electron chi connectivity index (χ4n) is 1.63. The summed E-state index contributed by atoms with van der Waals surface area (Å²) in [4.78, 5) is 20.5. The molecule has 0 aliphatic heterocycles. The Morgan fingerprint density at radius 3 is 2.86 bits per heavy atom. The topological polar surface area (TPSA) is 104 Å². The first-order valence-corrected chi connectivity index (χ1v) is 8.08. The van der Waals surface area contributed by atoms with E-state index in [-0.39, 0.29) is 11.8 Å². The Bertz CT molecular complexity index is 687. The highest BCUT2D eigenvalue weighted by Crippen LogP contribution is 2.32. The second kappa shape index (κ2) is 6.74. The van der Waals surface area contributed by atoms with Gasteiger partial charge in [-0.1, -0.05) is 17.4 Å². The van der Waals surface area contributed by atoms with Gasteiger partial charge in [0.15, 0.2) is 16.2 Å². The van der Waals surface area contributed by atoms with E-state index in [9.17, 15) is 9.00 Å². The van der Waals surface area contributed by atoms with Crippen molar-refractivity contribution in [2.75, 3.05) is 16.5 Å². The van der Waals surface area contributed by atoms with Crippen molar-refractivity contribution >= 4 is 39.3 Å². The predicted octanol–water partition coefficient (Wildman–Crippen LogP) is 2.06. The van der Waals surface area contributed by atoms with Crippen LogP contribution < -0.4 is 10.6 Å². The highest BCUT2D eigenvalue weighted by Gasteiger charge is 2.12. The van der Waals surface area contributed by atoms with Gasteiger partial charge in [0.25, 0.3) is 0 Å². The van der Waals surface area contributed by atoms with Gasteiger partial charge >= 0.3 is 0 Å². The van der Waals surface area contributed by atoms with E-state index in [1.807, 2.05) is 13.0 Å². The molecule has 3 N–H and O–H groups in total. The number of hydrogen-bond donors (Lipinski definition) is 3. The van der Waals surface area contributed by atoms with Crippen molar-refractivity contribution in [3.63, 3.8) is 0 Å². The van der Waals surface area contributed by atoms with Gasteiger partial charge in [0.05, 0.1) is 16.3 Å². The summed E-state index contributed by atoms with van der Waals surface area (Å²) < 4.78 is 19.4. The fourth-order valence-corrected chi connectivity index (χ4v) is 2.89. The maximum absolute atomic E-state index is 11.1. The van der Waals surface area contributed by atoms with E-state index in [0.717, 1.165) is 10.6 Å². The number of carbonyl (C=O) groups is 1. The van der Waals surface area contributed by atoms with E-state index in [4.69, 9.17) is 4.55 Å². The molecule has 0 fully saturated rings. The average Bonchev–Trinajstić information content (AvgIpc) is 2.76. The van der Waals surface area contributed by atoms with Crippen LogP contribution in [-0.2, 0) is 15.9 Å². The molecule has 0 saturated carbocycles. The van der Waals surface area contributed by atoms with Crippen LogP contribution in [0, 0.1) is 6.92 Å². The zero-order valence-corrected chi connectivity index (χ0v) is 13.0. The fraction of sp³-hybridized carbons (Fsp3) is 0.250. The normalized spacial score (nSPS) is 12.0. The quantitative estimate of drug-likeness (QED) is 0.727. The van der Waals surface area contributed by atoms with Crippen molar-refractivity contribution in [2.45, 2.75) is 13.8 Å². The molecule has 0 bridgehead atoms. The third kappa shape index (κ3) is 4.31. The summed E-state index contributed by atoms with van der Waals surface area (Å²) in [5, 5.41) is 5.93. The Kier molecular flexibility index (Phi) is 4.99. The molecule has 2 aromatic heterocycles. The van der Waals surface area contributed by atoms with E-state index in [1.165, 1.54) is 18.3 Å². The highest BCUT2D eigenvalue weighted by molar-refractivity contribution is 7.79. The second-order valence-corrected chi connectivity index (χ2v) is 6.10. The number of amides is 1. The van der Waals surface area contributed by atoms with Gasteiger partial charge in [0, 0.05) is 6.92 Å². The summed E-state index contributed by atoms with van der Waals surface area (Å²) in [7, 11) is 0. The first-order chi connectivity index (χ1) is 9.95. The van der Waals surface area contributed by atoms with Crippen LogP contribution in [0.5, 0.6) is 0 Å². The van der Waals surface area contributed by atoms with E-state index < -0.39 is 11.1 Å². The van der Waals surface area contributed by atoms with Gasteiger partial charge in [-0.25, -0.2) is 14.2 Å². The van der Waals surface area contributed by atoms with E-state index >= 15 is 0 Å². The van der Waals surface area contributed by atoms with E-state index in [1.54, 1.807) is 12.1 Å². The maximum atomic E-state index is 11.1. The van der Waals surface area contributed by atoms with Crippen LogP contribution in [0.4, 0.5) is 10.9 Å². The number of aryl methyl sites for hydroxylation is 1. The van der Waals surface area contributed by atoms with Crippen molar-refractivity contribution in [3.8, 4) is 10.6 Å². The summed E-state index contributed by atoms with van der Waals surface area (Å²) in [6, 6.07) is 5.32. The van der Waals surface area contributed by atoms with Crippen molar-refractivity contribution in [3.05, 3.63) is 23.9 Å². The van der Waals surface area contributed by atoms with Gasteiger partial charge in [0.2, 0.25) is 5.91 Å². The van der Waals surface area contributed by atoms with Gasteiger partial charge in [-0.15, -0.1) is 0 Å². The zero-order valence-electron chi connectivity index (χ0n) is 11.4. The molecule has 0 aliphatic carbocycles. The molecule has 1 atom stereocenters. The number of nitrogens with one attached hydrogen (secondary N) is 2. The van der Waals surface area contributed by atoms with Gasteiger partial charge in [-0.2, -0.15) is 0 Å². The minimum Gasteiger partial charge on any atom is -0.356 e. The molecule has 2 aromatic rings. The van der Waals surface area contributed by atoms with Crippen LogP contribution in [0.1, 0.15) is 12.6 Å². The van der Waals surface area contributed by atoms with Crippen molar-refractivity contribution in [2.24, 2.45) is 0 Å². The van der Waals surface area contributed by atoms with Crippen LogP contribution in [-0.4, -0.2) is 30.5 Å². The van der Waals surface area contributed by atoms with Crippen LogP contribution in [0.25, 0.3) is 10.6 Å². The van der Waals surface area contributed by atoms with Gasteiger partial charge < -0.3 is 15.2 Å². The molecule has 1 amide bonds. The zero-order chi connectivity index (χ0) is 15.4. The molecule has 0 radical (unpaired) electrons. The van der Waals surface area contributed by atoms with Crippen molar-refractivity contribution in [1.82, 2.24) is 9.97 Å².